The molecule has 4 heteroatoms. The van der Waals surface area contributed by atoms with Crippen molar-refractivity contribution in [1.29, 1.82) is 0 Å². The van der Waals surface area contributed by atoms with Crippen molar-refractivity contribution < 1.29 is 9.18 Å². The Hall–Kier alpha value is -1.09. The molecule has 98 valence electrons. The Kier molecular flexibility index (Phi) is 3.37. The van der Waals surface area contributed by atoms with Gasteiger partial charge in [-0.2, -0.15) is 0 Å². The van der Waals surface area contributed by atoms with Gasteiger partial charge in [0, 0.05) is 5.54 Å². The van der Waals surface area contributed by atoms with E-state index in [9.17, 15) is 9.18 Å². The van der Waals surface area contributed by atoms with Gasteiger partial charge in [0.2, 0.25) is 5.91 Å². The molecule has 0 saturated heterocycles. The van der Waals surface area contributed by atoms with Gasteiger partial charge in [0.1, 0.15) is 11.7 Å². The molecule has 1 aromatic rings. The molecule has 2 nitrogen and oxygen atoms in total. The molecule has 0 spiro atoms. The van der Waals surface area contributed by atoms with E-state index in [1.54, 1.807) is 11.0 Å². The first-order chi connectivity index (χ1) is 8.36. The predicted molar refractivity (Wildman–Crippen MR) is 71.7 cm³/mol. The molecule has 0 bridgehead atoms. The van der Waals surface area contributed by atoms with Crippen molar-refractivity contribution in [2.75, 3.05) is 10.8 Å². The Bertz CT molecular complexity index is 487. The predicted octanol–water partition coefficient (Wildman–Crippen LogP) is 3.68. The van der Waals surface area contributed by atoms with Crippen molar-refractivity contribution in [3.8, 4) is 0 Å². The van der Waals surface area contributed by atoms with Crippen LogP contribution in [0.4, 0.5) is 10.1 Å². The number of carbonyl (C=O) groups is 1. The maximum absolute atomic E-state index is 13.4. The van der Waals surface area contributed by atoms with Crippen LogP contribution < -0.4 is 4.90 Å². The van der Waals surface area contributed by atoms with Crippen LogP contribution in [0.2, 0.25) is 0 Å². The highest BCUT2D eigenvalue weighted by atomic mass is 35.5. The second-order valence-corrected chi connectivity index (χ2v) is 5.75. The number of hydrogen-bond donors (Lipinski definition) is 0. The Labute approximate surface area is 112 Å². The first kappa shape index (κ1) is 13.3. The van der Waals surface area contributed by atoms with Crippen molar-refractivity contribution in [3.63, 3.8) is 0 Å². The normalized spacial score (nSPS) is 21.6. The first-order valence-corrected chi connectivity index (χ1v) is 6.59. The molecule has 1 heterocycles. The molecule has 1 aliphatic rings. The van der Waals surface area contributed by atoms with Crippen LogP contribution in [-0.2, 0) is 4.79 Å². The third-order valence-corrected chi connectivity index (χ3v) is 3.77. The summed E-state index contributed by atoms with van der Waals surface area (Å²) in [7, 11) is 0. The summed E-state index contributed by atoms with van der Waals surface area (Å²) < 4.78 is 13.4. The molecule has 1 atom stereocenters. The van der Waals surface area contributed by atoms with E-state index in [2.05, 4.69) is 6.92 Å². The number of halogens is 2. The number of hydrogen-bond acceptors (Lipinski definition) is 1. The fourth-order valence-electron chi connectivity index (χ4n) is 2.94. The van der Waals surface area contributed by atoms with Crippen molar-refractivity contribution >= 4 is 23.2 Å². The van der Waals surface area contributed by atoms with Gasteiger partial charge in [0.15, 0.2) is 0 Å². The van der Waals surface area contributed by atoms with E-state index >= 15 is 0 Å². The van der Waals surface area contributed by atoms with Gasteiger partial charge < -0.3 is 4.90 Å². The highest BCUT2D eigenvalue weighted by molar-refractivity contribution is 6.29. The average molecular weight is 270 g/mol. The summed E-state index contributed by atoms with van der Waals surface area (Å²) in [5.74, 6) is -0.297. The van der Waals surface area contributed by atoms with Crippen molar-refractivity contribution in [3.05, 3.63) is 29.6 Å². The second kappa shape index (κ2) is 4.54. The van der Waals surface area contributed by atoms with Crippen LogP contribution in [-0.4, -0.2) is 17.3 Å². The molecule has 0 fully saturated rings. The lowest BCUT2D eigenvalue weighted by atomic mass is 9.80. The number of anilines is 1. The maximum Gasteiger partial charge on any atom is 0.242 e. The fraction of sp³-hybridized carbons (Fsp3) is 0.500. The van der Waals surface area contributed by atoms with Crippen LogP contribution in [0.1, 0.15) is 38.7 Å². The van der Waals surface area contributed by atoms with Crippen LogP contribution in [0.5, 0.6) is 0 Å². The molecule has 1 aliphatic heterocycles. The summed E-state index contributed by atoms with van der Waals surface area (Å²) in [5, 5.41) is 0. The van der Waals surface area contributed by atoms with Gasteiger partial charge in [-0.15, -0.1) is 11.6 Å². The Morgan fingerprint density at radius 1 is 1.56 bits per heavy atom. The standard InChI is InChI=1S/C14H17ClFNO/c1-9-7-14(2,3)17(13(18)8-15)12-6-10(16)4-5-11(9)12/h4-6,9H,7-8H2,1-3H3/t9-/m1/s1. The van der Waals surface area contributed by atoms with Crippen molar-refractivity contribution in [2.24, 2.45) is 0 Å². The third-order valence-electron chi connectivity index (χ3n) is 3.54. The number of amides is 1. The number of fused-ring (bicyclic) bond motifs is 1. The summed E-state index contributed by atoms with van der Waals surface area (Å²) in [6.07, 6.45) is 0.842. The maximum atomic E-state index is 13.4. The average Bonchev–Trinajstić information content (AvgIpc) is 2.26. The van der Waals surface area contributed by atoms with Crippen LogP contribution in [0.3, 0.4) is 0 Å². The lowest BCUT2D eigenvalue weighted by Crippen LogP contribution is -2.52. The van der Waals surface area contributed by atoms with Gasteiger partial charge >= 0.3 is 0 Å². The van der Waals surface area contributed by atoms with E-state index in [1.807, 2.05) is 13.8 Å². The highest BCUT2D eigenvalue weighted by Crippen LogP contribution is 2.43. The Morgan fingerprint density at radius 2 is 2.22 bits per heavy atom. The molecule has 0 saturated carbocycles. The van der Waals surface area contributed by atoms with E-state index in [-0.39, 0.29) is 23.1 Å². The largest absolute Gasteiger partial charge is 0.305 e. The van der Waals surface area contributed by atoms with Crippen LogP contribution >= 0.6 is 11.6 Å². The molecular formula is C14H17ClFNO. The third kappa shape index (κ3) is 2.12. The number of carbonyl (C=O) groups excluding carboxylic acids is 1. The molecule has 1 aromatic carbocycles. The topological polar surface area (TPSA) is 20.3 Å². The quantitative estimate of drug-likeness (QED) is 0.712. The zero-order valence-electron chi connectivity index (χ0n) is 10.8. The summed E-state index contributed by atoms with van der Waals surface area (Å²) in [5.41, 5.74) is 1.32. The van der Waals surface area contributed by atoms with Crippen LogP contribution in [0, 0.1) is 5.82 Å². The lowest BCUT2D eigenvalue weighted by Gasteiger charge is -2.45. The molecule has 1 amide bonds. The number of alkyl halides is 1. The molecule has 0 N–H and O–H groups in total. The smallest absolute Gasteiger partial charge is 0.242 e. The zero-order chi connectivity index (χ0) is 13.5. The van der Waals surface area contributed by atoms with Gasteiger partial charge in [0.05, 0.1) is 5.69 Å². The molecule has 0 aliphatic carbocycles. The molecule has 0 aromatic heterocycles. The Balaban J connectivity index is 2.60. The van der Waals surface area contributed by atoms with E-state index in [0.29, 0.717) is 11.6 Å². The molecular weight excluding hydrogens is 253 g/mol. The first-order valence-electron chi connectivity index (χ1n) is 6.05. The fourth-order valence-corrected chi connectivity index (χ4v) is 3.06. The number of benzene rings is 1. The minimum absolute atomic E-state index is 0.0895. The van der Waals surface area contributed by atoms with Crippen molar-refractivity contribution in [1.82, 2.24) is 0 Å². The Morgan fingerprint density at radius 3 is 2.83 bits per heavy atom. The highest BCUT2D eigenvalue weighted by Gasteiger charge is 2.39. The molecule has 18 heavy (non-hydrogen) atoms. The van der Waals surface area contributed by atoms with Gasteiger partial charge in [-0.3, -0.25) is 4.79 Å². The van der Waals surface area contributed by atoms with Gasteiger partial charge in [-0.05, 0) is 43.9 Å². The summed E-state index contributed by atoms with van der Waals surface area (Å²) >= 11 is 5.67. The molecule has 0 radical (unpaired) electrons. The SMILES string of the molecule is C[C@@H]1CC(C)(C)N(C(=O)CCl)c2cc(F)ccc21. The number of nitrogens with zero attached hydrogens (tertiary/aromatic N) is 1. The van der Waals surface area contributed by atoms with Gasteiger partial charge in [-0.25, -0.2) is 4.39 Å². The molecule has 2 rings (SSSR count). The summed E-state index contributed by atoms with van der Waals surface area (Å²) in [6, 6.07) is 4.63. The zero-order valence-corrected chi connectivity index (χ0v) is 11.6. The van der Waals surface area contributed by atoms with Crippen LogP contribution in [0.15, 0.2) is 18.2 Å². The summed E-state index contributed by atoms with van der Waals surface area (Å²) in [4.78, 5) is 13.7. The second-order valence-electron chi connectivity index (χ2n) is 5.48. The molecule has 0 unspecified atom stereocenters. The minimum atomic E-state index is -0.341. The number of rotatable bonds is 1. The van der Waals surface area contributed by atoms with E-state index < -0.39 is 0 Å². The van der Waals surface area contributed by atoms with E-state index in [0.717, 1.165) is 12.0 Å². The van der Waals surface area contributed by atoms with E-state index in [1.165, 1.54) is 12.1 Å². The van der Waals surface area contributed by atoms with E-state index in [4.69, 9.17) is 11.6 Å². The van der Waals surface area contributed by atoms with Gasteiger partial charge in [-0.1, -0.05) is 13.0 Å². The van der Waals surface area contributed by atoms with Crippen LogP contribution in [0.25, 0.3) is 0 Å². The lowest BCUT2D eigenvalue weighted by molar-refractivity contribution is -0.117. The van der Waals surface area contributed by atoms with Crippen molar-refractivity contribution in [2.45, 2.75) is 38.6 Å². The monoisotopic (exact) mass is 269 g/mol. The minimum Gasteiger partial charge on any atom is -0.305 e. The van der Waals surface area contributed by atoms with Gasteiger partial charge in [0.25, 0.3) is 0 Å². The summed E-state index contributed by atoms with van der Waals surface area (Å²) in [6.45, 7) is 6.07.